The number of hydrogen-bond acceptors (Lipinski definition) is 0. The predicted molar refractivity (Wildman–Crippen MR) is 187 cm³/mol. The molecule has 0 saturated heterocycles. The summed E-state index contributed by atoms with van der Waals surface area (Å²) in [5.41, 5.74) is 0. The molecule has 0 unspecified atom stereocenters. The lowest BCUT2D eigenvalue weighted by atomic mass is 10.1. The second-order valence-electron chi connectivity index (χ2n) is 15.5. The molecule has 0 amide bonds. The summed E-state index contributed by atoms with van der Waals surface area (Å²) in [4.78, 5) is 5.34. The van der Waals surface area contributed by atoms with Crippen molar-refractivity contribution >= 4 is 38.4 Å². The Balaban J connectivity index is 4.94. The van der Waals surface area contributed by atoms with Crippen LogP contribution in [0, 0.1) is 0 Å². The van der Waals surface area contributed by atoms with E-state index >= 15 is 0 Å². The molecule has 0 aromatic rings. The van der Waals surface area contributed by atoms with Gasteiger partial charge in [-0.05, 0) is 0 Å². The van der Waals surface area contributed by atoms with Crippen LogP contribution in [0.5, 0.6) is 0 Å². The van der Waals surface area contributed by atoms with E-state index in [4.69, 9.17) is 0 Å². The Labute approximate surface area is 245 Å². The highest BCUT2D eigenvalue weighted by Crippen LogP contribution is 2.33. The maximum Gasteiger partial charge on any atom is 0.253 e. The Morgan fingerprint density at radius 3 is 0.784 bits per heavy atom. The van der Waals surface area contributed by atoms with Gasteiger partial charge in [0, 0.05) is 24.2 Å². The van der Waals surface area contributed by atoms with Gasteiger partial charge in [0.05, 0.1) is 0 Å². The van der Waals surface area contributed by atoms with Gasteiger partial charge in [0.25, 0.3) is 14.1 Å². The first-order valence-electron chi connectivity index (χ1n) is 17.5. The molecule has 37 heavy (non-hydrogen) atoms. The van der Waals surface area contributed by atoms with Crippen LogP contribution in [-0.2, 0) is 0 Å². The van der Waals surface area contributed by atoms with Crippen molar-refractivity contribution in [1.29, 1.82) is 0 Å². The average Bonchev–Trinajstić information content (AvgIpc) is 2.79. The van der Waals surface area contributed by atoms with E-state index in [0.717, 1.165) is 0 Å². The molecule has 0 aliphatic carbocycles. The van der Waals surface area contributed by atoms with Gasteiger partial charge in [0.2, 0.25) is 0 Å². The lowest BCUT2D eigenvalue weighted by Gasteiger charge is -2.34. The van der Waals surface area contributed by atoms with Crippen molar-refractivity contribution in [2.45, 2.75) is 208 Å². The standard InChI is InChI=1S/3C11H25Si.Al/c3*1-5-6-7-8-9-10-11-12(2,3)4;/h3*2,5-11H2,1,3-4H3;. The molecule has 0 nitrogen and oxygen atoms in total. The third-order valence-corrected chi connectivity index (χ3v) is 34.5. The smallest absolute Gasteiger partial charge is 0.0981 e. The van der Waals surface area contributed by atoms with Gasteiger partial charge in [-0.2, -0.15) is 0 Å². The molecule has 0 fully saturated rings. The summed E-state index contributed by atoms with van der Waals surface area (Å²) in [6, 6.07) is 4.88. The zero-order valence-electron chi connectivity index (χ0n) is 28.0. The predicted octanol–water partition coefficient (Wildman–Crippen LogP) is 13.3. The molecule has 0 rings (SSSR count). The summed E-state index contributed by atoms with van der Waals surface area (Å²) >= 11 is -0.634. The largest absolute Gasteiger partial charge is 0.253 e. The van der Waals surface area contributed by atoms with E-state index in [-0.39, 0.29) is 0 Å². The Morgan fingerprint density at radius 2 is 0.541 bits per heavy atom. The first-order chi connectivity index (χ1) is 17.5. The Morgan fingerprint density at radius 1 is 0.324 bits per heavy atom. The van der Waals surface area contributed by atoms with E-state index in [1.165, 1.54) is 96.3 Å². The van der Waals surface area contributed by atoms with Crippen molar-refractivity contribution in [3.63, 3.8) is 0 Å². The Kier molecular flexibility index (Phi) is 23.6. The molecule has 222 valence electrons. The molecular weight excluding hydrogens is 508 g/mol. The van der Waals surface area contributed by atoms with Crippen molar-refractivity contribution in [3.05, 3.63) is 0 Å². The van der Waals surface area contributed by atoms with E-state index in [1.807, 2.05) is 0 Å². The summed E-state index contributed by atoms with van der Waals surface area (Å²) in [6.07, 6.45) is 26.6. The van der Waals surface area contributed by atoms with Crippen LogP contribution < -0.4 is 0 Å². The number of hydrogen-bond donors (Lipinski definition) is 0. The molecule has 4 heteroatoms. The van der Waals surface area contributed by atoms with Gasteiger partial charge < -0.3 is 0 Å². The minimum absolute atomic E-state index is 0.634. The van der Waals surface area contributed by atoms with E-state index < -0.39 is 38.4 Å². The molecule has 0 aliphatic rings. The third kappa shape index (κ3) is 24.7. The van der Waals surface area contributed by atoms with Crippen LogP contribution in [0.4, 0.5) is 0 Å². The first-order valence-corrected chi connectivity index (χ1v) is 30.2. The average molecular weight is 583 g/mol. The second-order valence-corrected chi connectivity index (χ2v) is 36.6. The normalized spacial score (nSPS) is 12.9. The Bertz CT molecular complexity index is 432. The SMILES string of the molecule is CCCCCCCC[Si](C)(C)[CH2][Al]([CH2][Si](C)(C)CCCCCCCC)[CH2][Si](C)(C)CCCCCCCC. The van der Waals surface area contributed by atoms with Gasteiger partial charge in [-0.1, -0.05) is 208 Å². The summed E-state index contributed by atoms with van der Waals surface area (Å²) in [5.74, 6) is 0. The van der Waals surface area contributed by atoms with Crippen molar-refractivity contribution in [2.24, 2.45) is 0 Å². The summed E-state index contributed by atoms with van der Waals surface area (Å²) in [7, 11) is -3.10. The minimum atomic E-state index is -1.03. The zero-order valence-corrected chi connectivity index (χ0v) is 32.2. The number of rotatable bonds is 27. The number of unbranched alkanes of at least 4 members (excludes halogenated alkanes) is 15. The van der Waals surface area contributed by atoms with Crippen LogP contribution in [0.1, 0.15) is 136 Å². The van der Waals surface area contributed by atoms with Gasteiger partial charge in [-0.15, -0.1) is 0 Å². The van der Waals surface area contributed by atoms with Gasteiger partial charge in [-0.3, -0.25) is 0 Å². The van der Waals surface area contributed by atoms with Crippen molar-refractivity contribution in [1.82, 2.24) is 0 Å². The molecule has 0 heterocycles. The fourth-order valence-electron chi connectivity index (χ4n) is 7.02. The highest BCUT2D eigenvalue weighted by molar-refractivity contribution is 7.00. The lowest BCUT2D eigenvalue weighted by molar-refractivity contribution is 0.622. The summed E-state index contributed by atoms with van der Waals surface area (Å²) in [5, 5.41) is 0. The van der Waals surface area contributed by atoms with E-state index in [1.54, 1.807) is 52.1 Å². The zero-order chi connectivity index (χ0) is 28.0. The molecule has 0 aromatic carbocycles. The quantitative estimate of drug-likeness (QED) is 0.0667. The molecular formula is C33H75AlSi3. The van der Waals surface area contributed by atoms with Gasteiger partial charge >= 0.3 is 0 Å². The van der Waals surface area contributed by atoms with Gasteiger partial charge in [-0.25, -0.2) is 0 Å². The maximum atomic E-state index is 2.80. The molecule has 0 atom stereocenters. The van der Waals surface area contributed by atoms with E-state index in [0.29, 0.717) is 0 Å². The Hall–Kier alpha value is 1.18. The second kappa shape index (κ2) is 22.8. The summed E-state index contributed by atoms with van der Waals surface area (Å²) in [6.45, 7) is 23.8. The molecule has 0 bridgehead atoms. The van der Waals surface area contributed by atoms with Crippen molar-refractivity contribution in [2.75, 3.05) is 0 Å². The van der Waals surface area contributed by atoms with Crippen molar-refractivity contribution in [3.8, 4) is 0 Å². The minimum Gasteiger partial charge on any atom is -0.0981 e. The van der Waals surface area contributed by atoms with Crippen LogP contribution in [0.25, 0.3) is 0 Å². The molecule has 0 radical (unpaired) electrons. The molecule has 0 N–H and O–H groups in total. The molecule has 0 aliphatic heterocycles. The molecule has 0 aromatic heterocycles. The topological polar surface area (TPSA) is 0 Å². The fraction of sp³-hybridized carbons (Fsp3) is 1.00. The molecule has 0 spiro atoms. The fourth-order valence-corrected chi connectivity index (χ4v) is 37.5. The highest BCUT2D eigenvalue weighted by atomic mass is 28.3. The summed E-state index contributed by atoms with van der Waals surface area (Å²) < 4.78 is 0. The maximum absolute atomic E-state index is 2.80. The first kappa shape index (κ1) is 38.2. The van der Waals surface area contributed by atoms with Crippen LogP contribution in [-0.4, -0.2) is 38.4 Å². The van der Waals surface area contributed by atoms with E-state index in [9.17, 15) is 0 Å². The molecule has 0 saturated carbocycles. The van der Waals surface area contributed by atoms with Crippen LogP contribution in [0.2, 0.25) is 72.1 Å². The van der Waals surface area contributed by atoms with Crippen LogP contribution >= 0.6 is 0 Å². The van der Waals surface area contributed by atoms with Crippen LogP contribution in [0.15, 0.2) is 0 Å². The van der Waals surface area contributed by atoms with Crippen LogP contribution in [0.3, 0.4) is 0 Å². The monoisotopic (exact) mass is 582 g/mol. The highest BCUT2D eigenvalue weighted by Gasteiger charge is 2.37. The lowest BCUT2D eigenvalue weighted by Crippen LogP contribution is -2.43. The van der Waals surface area contributed by atoms with Crippen molar-refractivity contribution < 1.29 is 0 Å². The van der Waals surface area contributed by atoms with E-state index in [2.05, 4.69) is 60.1 Å². The third-order valence-electron chi connectivity index (χ3n) is 9.15. The van der Waals surface area contributed by atoms with Gasteiger partial charge in [0.15, 0.2) is 0 Å². The van der Waals surface area contributed by atoms with Gasteiger partial charge in [0.1, 0.15) is 0 Å².